The Balaban J connectivity index is 1.79. The summed E-state index contributed by atoms with van der Waals surface area (Å²) < 4.78 is 14.1. The first-order chi connectivity index (χ1) is 10.1. The summed E-state index contributed by atoms with van der Waals surface area (Å²) in [6.45, 7) is 2.21. The van der Waals surface area contributed by atoms with Gasteiger partial charge >= 0.3 is 0 Å². The maximum atomic E-state index is 14.1. The number of hydrogen-bond donors (Lipinski definition) is 1. The van der Waals surface area contributed by atoms with Crippen molar-refractivity contribution >= 4 is 5.91 Å². The molecule has 0 radical (unpaired) electrons. The first kappa shape index (κ1) is 14.6. The molecule has 1 N–H and O–H groups in total. The number of rotatable bonds is 3. The Morgan fingerprint density at radius 3 is 2.52 bits per heavy atom. The summed E-state index contributed by atoms with van der Waals surface area (Å²) >= 11 is 0. The maximum Gasteiger partial charge on any atom is 0.230 e. The molecule has 0 saturated heterocycles. The highest BCUT2D eigenvalue weighted by molar-refractivity contribution is 5.89. The number of carbonyl (C=O) groups excluding carboxylic acids is 1. The second kappa shape index (κ2) is 5.78. The monoisotopic (exact) mass is 289 g/mol. The summed E-state index contributed by atoms with van der Waals surface area (Å²) in [6.07, 6.45) is 7.20. The van der Waals surface area contributed by atoms with Crippen LogP contribution in [0.1, 0.15) is 57.4 Å². The predicted octanol–water partition coefficient (Wildman–Crippen LogP) is 3.94. The van der Waals surface area contributed by atoms with E-state index in [1.54, 1.807) is 12.1 Å². The fraction of sp³-hybridized carbons (Fsp3) is 0.611. The van der Waals surface area contributed by atoms with Gasteiger partial charge in [-0.15, -0.1) is 0 Å². The summed E-state index contributed by atoms with van der Waals surface area (Å²) in [7, 11) is 0. The molecule has 0 aliphatic heterocycles. The Bertz CT molecular complexity index is 524. The van der Waals surface area contributed by atoms with Crippen LogP contribution in [-0.4, -0.2) is 11.9 Å². The smallest absolute Gasteiger partial charge is 0.230 e. The van der Waals surface area contributed by atoms with Gasteiger partial charge in [-0.1, -0.05) is 44.4 Å². The molecule has 1 aromatic rings. The van der Waals surface area contributed by atoms with Crippen molar-refractivity contribution in [1.29, 1.82) is 0 Å². The first-order valence-electron chi connectivity index (χ1n) is 8.19. The van der Waals surface area contributed by atoms with Gasteiger partial charge in [0.2, 0.25) is 5.91 Å². The molecule has 114 valence electrons. The molecule has 2 atom stereocenters. The molecule has 0 spiro atoms. The van der Waals surface area contributed by atoms with E-state index in [1.807, 2.05) is 6.07 Å². The molecule has 21 heavy (non-hydrogen) atoms. The van der Waals surface area contributed by atoms with Crippen molar-refractivity contribution in [2.75, 3.05) is 0 Å². The number of halogens is 1. The van der Waals surface area contributed by atoms with Crippen LogP contribution >= 0.6 is 0 Å². The lowest BCUT2D eigenvalue weighted by atomic mass is 9.63. The average molecular weight is 289 g/mol. The van der Waals surface area contributed by atoms with Crippen LogP contribution in [0.3, 0.4) is 0 Å². The fourth-order valence-corrected chi connectivity index (χ4v) is 3.84. The molecule has 2 fully saturated rings. The Hall–Kier alpha value is -1.38. The lowest BCUT2D eigenvalue weighted by Gasteiger charge is -2.43. The molecule has 0 heterocycles. The van der Waals surface area contributed by atoms with E-state index in [1.165, 1.54) is 25.3 Å². The zero-order valence-electron chi connectivity index (χ0n) is 12.7. The van der Waals surface area contributed by atoms with Crippen LogP contribution in [0.4, 0.5) is 4.39 Å². The van der Waals surface area contributed by atoms with Gasteiger partial charge in [0.25, 0.3) is 0 Å². The van der Waals surface area contributed by atoms with E-state index in [2.05, 4.69) is 12.2 Å². The van der Waals surface area contributed by atoms with Crippen LogP contribution in [-0.2, 0) is 10.2 Å². The zero-order chi connectivity index (χ0) is 14.9. The zero-order valence-corrected chi connectivity index (χ0v) is 12.7. The van der Waals surface area contributed by atoms with Crippen molar-refractivity contribution in [1.82, 2.24) is 5.32 Å². The molecule has 2 saturated carbocycles. The third-order valence-electron chi connectivity index (χ3n) is 5.46. The standard InChI is InChI=1S/C18H24FNO/c1-13-7-2-5-10-16(13)20-17(21)18(11-6-12-18)14-8-3-4-9-15(14)19/h3-4,8-9,13,16H,2,5-7,10-12H2,1H3,(H,20,21). The van der Waals surface area contributed by atoms with Crippen molar-refractivity contribution in [3.05, 3.63) is 35.6 Å². The molecule has 2 aliphatic carbocycles. The molecular weight excluding hydrogens is 265 g/mol. The molecular formula is C18H24FNO. The summed E-state index contributed by atoms with van der Waals surface area (Å²) in [4.78, 5) is 12.8. The minimum atomic E-state index is -0.623. The van der Waals surface area contributed by atoms with Gasteiger partial charge in [0.05, 0.1) is 5.41 Å². The molecule has 2 unspecified atom stereocenters. The van der Waals surface area contributed by atoms with Gasteiger partial charge in [-0.3, -0.25) is 4.79 Å². The molecule has 2 aliphatic rings. The van der Waals surface area contributed by atoms with Crippen molar-refractivity contribution in [3.63, 3.8) is 0 Å². The third kappa shape index (κ3) is 2.58. The highest BCUT2D eigenvalue weighted by Gasteiger charge is 2.47. The topological polar surface area (TPSA) is 29.1 Å². The second-order valence-electron chi connectivity index (χ2n) is 6.76. The van der Waals surface area contributed by atoms with E-state index in [0.29, 0.717) is 11.5 Å². The molecule has 1 amide bonds. The van der Waals surface area contributed by atoms with Crippen LogP contribution in [0, 0.1) is 11.7 Å². The van der Waals surface area contributed by atoms with Crippen LogP contribution in [0.5, 0.6) is 0 Å². The molecule has 3 heteroatoms. The molecule has 1 aromatic carbocycles. The van der Waals surface area contributed by atoms with E-state index in [-0.39, 0.29) is 17.8 Å². The largest absolute Gasteiger partial charge is 0.352 e. The SMILES string of the molecule is CC1CCCCC1NC(=O)C1(c2ccccc2F)CCC1. The van der Waals surface area contributed by atoms with E-state index in [0.717, 1.165) is 25.7 Å². The number of hydrogen-bond acceptors (Lipinski definition) is 1. The van der Waals surface area contributed by atoms with Crippen LogP contribution < -0.4 is 5.32 Å². The Morgan fingerprint density at radius 1 is 1.19 bits per heavy atom. The van der Waals surface area contributed by atoms with Crippen LogP contribution in [0.25, 0.3) is 0 Å². The summed E-state index contributed by atoms with van der Waals surface area (Å²) in [5, 5.41) is 3.23. The van der Waals surface area contributed by atoms with Gasteiger partial charge in [-0.2, -0.15) is 0 Å². The molecule has 2 nitrogen and oxygen atoms in total. The first-order valence-corrected chi connectivity index (χ1v) is 8.19. The predicted molar refractivity (Wildman–Crippen MR) is 81.5 cm³/mol. The lowest BCUT2D eigenvalue weighted by Crippen LogP contribution is -2.54. The van der Waals surface area contributed by atoms with Crippen molar-refractivity contribution in [3.8, 4) is 0 Å². The van der Waals surface area contributed by atoms with Gasteiger partial charge in [-0.25, -0.2) is 4.39 Å². The van der Waals surface area contributed by atoms with Gasteiger partial charge in [0, 0.05) is 11.6 Å². The van der Waals surface area contributed by atoms with E-state index in [4.69, 9.17) is 0 Å². The fourth-order valence-electron chi connectivity index (χ4n) is 3.84. The van der Waals surface area contributed by atoms with Gasteiger partial charge < -0.3 is 5.32 Å². The minimum Gasteiger partial charge on any atom is -0.352 e. The van der Waals surface area contributed by atoms with Gasteiger partial charge in [0.1, 0.15) is 5.82 Å². The minimum absolute atomic E-state index is 0.0394. The normalized spacial score (nSPS) is 27.7. The molecule has 3 rings (SSSR count). The quantitative estimate of drug-likeness (QED) is 0.897. The Kier molecular flexibility index (Phi) is 4.01. The second-order valence-corrected chi connectivity index (χ2v) is 6.76. The number of amides is 1. The van der Waals surface area contributed by atoms with Crippen LogP contribution in [0.2, 0.25) is 0 Å². The van der Waals surface area contributed by atoms with Crippen molar-refractivity contribution in [2.24, 2.45) is 5.92 Å². The Morgan fingerprint density at radius 2 is 1.90 bits per heavy atom. The number of benzene rings is 1. The van der Waals surface area contributed by atoms with Gasteiger partial charge in [0.15, 0.2) is 0 Å². The maximum absolute atomic E-state index is 14.1. The van der Waals surface area contributed by atoms with E-state index >= 15 is 0 Å². The van der Waals surface area contributed by atoms with Gasteiger partial charge in [-0.05, 0) is 37.7 Å². The molecule has 0 bridgehead atoms. The van der Waals surface area contributed by atoms with E-state index < -0.39 is 5.41 Å². The summed E-state index contributed by atoms with van der Waals surface area (Å²) in [5.74, 6) is 0.321. The van der Waals surface area contributed by atoms with Crippen molar-refractivity contribution in [2.45, 2.75) is 63.3 Å². The summed E-state index contributed by atoms with van der Waals surface area (Å²) in [5.41, 5.74) is -0.0418. The Labute approximate surface area is 126 Å². The average Bonchev–Trinajstić information content (AvgIpc) is 2.42. The lowest BCUT2D eigenvalue weighted by molar-refractivity contribution is -0.131. The number of nitrogens with one attached hydrogen (secondary N) is 1. The highest BCUT2D eigenvalue weighted by Crippen LogP contribution is 2.45. The van der Waals surface area contributed by atoms with E-state index in [9.17, 15) is 9.18 Å². The summed E-state index contributed by atoms with van der Waals surface area (Å²) in [6, 6.07) is 7.02. The highest BCUT2D eigenvalue weighted by atomic mass is 19.1. The number of carbonyl (C=O) groups is 1. The molecule has 0 aromatic heterocycles. The van der Waals surface area contributed by atoms with Crippen molar-refractivity contribution < 1.29 is 9.18 Å². The van der Waals surface area contributed by atoms with Crippen LogP contribution in [0.15, 0.2) is 24.3 Å². The third-order valence-corrected chi connectivity index (χ3v) is 5.46.